The average Bonchev–Trinajstić information content (AvgIpc) is 2.37. The van der Waals surface area contributed by atoms with E-state index in [4.69, 9.17) is 4.74 Å². The molecule has 18 heavy (non-hydrogen) atoms. The molecule has 1 fully saturated rings. The third kappa shape index (κ3) is 3.98. The molecule has 1 aromatic carbocycles. The Morgan fingerprint density at radius 2 is 2.44 bits per heavy atom. The van der Waals surface area contributed by atoms with Gasteiger partial charge >= 0.3 is 0 Å². The molecule has 1 aliphatic rings. The van der Waals surface area contributed by atoms with Gasteiger partial charge in [0.1, 0.15) is 0 Å². The lowest BCUT2D eigenvalue weighted by Gasteiger charge is -2.29. The van der Waals surface area contributed by atoms with Crippen LogP contribution in [-0.2, 0) is 0 Å². The zero-order valence-corrected chi connectivity index (χ0v) is 11.0. The van der Waals surface area contributed by atoms with Crippen molar-refractivity contribution in [2.75, 3.05) is 26.7 Å². The molecule has 1 heterocycles. The van der Waals surface area contributed by atoms with E-state index in [2.05, 4.69) is 18.0 Å². The number of rotatable bonds is 5. The fraction of sp³-hybridized carbons (Fsp3) is 0.600. The van der Waals surface area contributed by atoms with Gasteiger partial charge in [-0.05, 0) is 63.4 Å². The molecule has 1 aliphatic heterocycles. The third-order valence-corrected chi connectivity index (χ3v) is 3.51. The smallest absolute Gasteiger partial charge is 0.165 e. The lowest BCUT2D eigenvalue weighted by atomic mass is 9.94. The van der Waals surface area contributed by atoms with Crippen LogP contribution in [0.25, 0.3) is 0 Å². The van der Waals surface area contributed by atoms with Gasteiger partial charge in [0.2, 0.25) is 0 Å². The molecule has 0 amide bonds. The molecular weight excluding hydrogens is 229 g/mol. The highest BCUT2D eigenvalue weighted by Gasteiger charge is 2.16. The maximum absolute atomic E-state index is 13.3. The van der Waals surface area contributed by atoms with Gasteiger partial charge in [0.05, 0.1) is 6.61 Å². The summed E-state index contributed by atoms with van der Waals surface area (Å²) in [6.45, 7) is 3.01. The Hall–Kier alpha value is -1.09. The molecule has 2 rings (SSSR count). The fourth-order valence-electron chi connectivity index (χ4n) is 2.58. The van der Waals surface area contributed by atoms with Crippen LogP contribution in [0.1, 0.15) is 25.7 Å². The summed E-state index contributed by atoms with van der Waals surface area (Å²) in [6, 6.07) is 7.30. The normalized spacial score (nSPS) is 20.9. The van der Waals surface area contributed by atoms with Gasteiger partial charge < -0.3 is 9.64 Å². The minimum atomic E-state index is -0.324. The Balaban J connectivity index is 1.65. The monoisotopic (exact) mass is 250 g/mol. The summed E-state index contributed by atoms with van der Waals surface area (Å²) >= 11 is 0. The molecule has 1 unspecified atom stereocenters. The SMILES string of the molecule is CN1CCCC(CCCOc2cc[c]cc2F)C1. The molecule has 0 bridgehead atoms. The van der Waals surface area contributed by atoms with Gasteiger partial charge in [-0.3, -0.25) is 0 Å². The lowest BCUT2D eigenvalue weighted by molar-refractivity contribution is 0.190. The molecule has 1 aromatic rings. The third-order valence-electron chi connectivity index (χ3n) is 3.51. The molecule has 0 aromatic heterocycles. The van der Waals surface area contributed by atoms with Crippen molar-refractivity contribution in [1.29, 1.82) is 0 Å². The minimum Gasteiger partial charge on any atom is -0.491 e. The van der Waals surface area contributed by atoms with Crippen molar-refractivity contribution in [1.82, 2.24) is 4.90 Å². The Morgan fingerprint density at radius 1 is 1.56 bits per heavy atom. The predicted octanol–water partition coefficient (Wildman–Crippen LogP) is 3.13. The molecule has 2 nitrogen and oxygen atoms in total. The summed E-state index contributed by atoms with van der Waals surface area (Å²) in [6.07, 6.45) is 4.78. The van der Waals surface area contributed by atoms with E-state index in [0.29, 0.717) is 12.4 Å². The van der Waals surface area contributed by atoms with E-state index in [-0.39, 0.29) is 5.82 Å². The largest absolute Gasteiger partial charge is 0.491 e. The van der Waals surface area contributed by atoms with E-state index in [1.807, 2.05) is 0 Å². The molecule has 1 atom stereocenters. The molecule has 0 aliphatic carbocycles. The summed E-state index contributed by atoms with van der Waals surface area (Å²) in [5, 5.41) is 0. The van der Waals surface area contributed by atoms with Crippen LogP contribution in [0.15, 0.2) is 18.2 Å². The van der Waals surface area contributed by atoms with E-state index in [1.165, 1.54) is 38.4 Å². The molecule has 0 N–H and O–H groups in total. The van der Waals surface area contributed by atoms with Crippen molar-refractivity contribution in [3.63, 3.8) is 0 Å². The second-order valence-electron chi connectivity index (χ2n) is 5.12. The number of ether oxygens (including phenoxy) is 1. The van der Waals surface area contributed by atoms with E-state index >= 15 is 0 Å². The molecular formula is C15H21FNO. The van der Waals surface area contributed by atoms with Crippen molar-refractivity contribution in [2.24, 2.45) is 5.92 Å². The first kappa shape index (κ1) is 13.3. The predicted molar refractivity (Wildman–Crippen MR) is 70.2 cm³/mol. The van der Waals surface area contributed by atoms with Gasteiger partial charge in [-0.25, -0.2) is 4.39 Å². The van der Waals surface area contributed by atoms with Crippen LogP contribution in [0.3, 0.4) is 0 Å². The zero-order valence-electron chi connectivity index (χ0n) is 11.0. The summed E-state index contributed by atoms with van der Waals surface area (Å²) in [7, 11) is 2.18. The standard InChI is InChI=1S/C15H21FNO/c1-17-10-4-6-13(12-17)7-5-11-18-15-9-3-2-8-14(15)16/h3,8-9,13H,4-7,10-12H2,1H3. The number of hydrogen-bond acceptors (Lipinski definition) is 2. The van der Waals surface area contributed by atoms with Crippen LogP contribution >= 0.6 is 0 Å². The number of likely N-dealkylation sites (tertiary alicyclic amines) is 1. The van der Waals surface area contributed by atoms with Crippen molar-refractivity contribution in [3.8, 4) is 5.75 Å². The van der Waals surface area contributed by atoms with Crippen LogP contribution in [0.2, 0.25) is 0 Å². The average molecular weight is 250 g/mol. The van der Waals surface area contributed by atoms with E-state index in [9.17, 15) is 4.39 Å². The quantitative estimate of drug-likeness (QED) is 0.744. The van der Waals surface area contributed by atoms with Crippen molar-refractivity contribution in [2.45, 2.75) is 25.7 Å². The number of benzene rings is 1. The molecule has 1 radical (unpaired) electrons. The van der Waals surface area contributed by atoms with Crippen LogP contribution in [0.4, 0.5) is 4.39 Å². The van der Waals surface area contributed by atoms with Gasteiger partial charge in [-0.2, -0.15) is 0 Å². The van der Waals surface area contributed by atoms with E-state index in [1.54, 1.807) is 12.1 Å². The van der Waals surface area contributed by atoms with Gasteiger partial charge in [-0.1, -0.05) is 6.07 Å². The zero-order chi connectivity index (χ0) is 12.8. The number of hydrogen-bond donors (Lipinski definition) is 0. The summed E-state index contributed by atoms with van der Waals surface area (Å²) in [4.78, 5) is 2.39. The Morgan fingerprint density at radius 3 is 3.22 bits per heavy atom. The van der Waals surface area contributed by atoms with Gasteiger partial charge in [0.25, 0.3) is 0 Å². The number of halogens is 1. The van der Waals surface area contributed by atoms with Crippen molar-refractivity contribution >= 4 is 0 Å². The van der Waals surface area contributed by atoms with Crippen LogP contribution < -0.4 is 4.74 Å². The second kappa shape index (κ2) is 6.74. The van der Waals surface area contributed by atoms with Crippen molar-refractivity contribution in [3.05, 3.63) is 30.1 Å². The molecule has 99 valence electrons. The lowest BCUT2D eigenvalue weighted by Crippen LogP contribution is -2.32. The Kier molecular flexibility index (Phi) is 5.00. The first-order valence-electron chi connectivity index (χ1n) is 6.72. The second-order valence-corrected chi connectivity index (χ2v) is 5.12. The molecule has 3 heteroatoms. The number of nitrogens with zero attached hydrogens (tertiary/aromatic N) is 1. The van der Waals surface area contributed by atoms with Crippen molar-refractivity contribution < 1.29 is 9.13 Å². The highest BCUT2D eigenvalue weighted by Crippen LogP contribution is 2.20. The first-order chi connectivity index (χ1) is 8.75. The Bertz CT molecular complexity index is 369. The topological polar surface area (TPSA) is 12.5 Å². The fourth-order valence-corrected chi connectivity index (χ4v) is 2.58. The molecule has 0 saturated carbocycles. The molecule has 1 saturated heterocycles. The van der Waals surface area contributed by atoms with Gasteiger partial charge in [0, 0.05) is 6.54 Å². The van der Waals surface area contributed by atoms with Crippen LogP contribution in [0.5, 0.6) is 5.75 Å². The summed E-state index contributed by atoms with van der Waals surface area (Å²) in [5.74, 6) is 0.797. The maximum atomic E-state index is 13.3. The summed E-state index contributed by atoms with van der Waals surface area (Å²) < 4.78 is 18.7. The number of piperidine rings is 1. The Labute approximate surface area is 109 Å². The first-order valence-corrected chi connectivity index (χ1v) is 6.72. The minimum absolute atomic E-state index is 0.324. The van der Waals surface area contributed by atoms with Gasteiger partial charge in [0.15, 0.2) is 11.6 Å². The molecule has 0 spiro atoms. The summed E-state index contributed by atoms with van der Waals surface area (Å²) in [5.41, 5.74) is 0. The van der Waals surface area contributed by atoms with Crippen LogP contribution in [0, 0.1) is 17.8 Å². The van der Waals surface area contributed by atoms with E-state index in [0.717, 1.165) is 12.3 Å². The van der Waals surface area contributed by atoms with E-state index < -0.39 is 0 Å². The highest BCUT2D eigenvalue weighted by molar-refractivity contribution is 5.22. The van der Waals surface area contributed by atoms with Gasteiger partial charge in [-0.15, -0.1) is 0 Å². The maximum Gasteiger partial charge on any atom is 0.165 e. The highest BCUT2D eigenvalue weighted by atomic mass is 19.1. The van der Waals surface area contributed by atoms with Crippen LogP contribution in [-0.4, -0.2) is 31.6 Å².